The van der Waals surface area contributed by atoms with Crippen LogP contribution in [-0.4, -0.2) is 16.1 Å². The van der Waals surface area contributed by atoms with Crippen molar-refractivity contribution in [2.75, 3.05) is 6.54 Å². The molecule has 0 spiro atoms. The minimum Gasteiger partial charge on any atom is -0.467 e. The second-order valence-electron chi connectivity index (χ2n) is 5.38. The number of hydrogen-bond acceptors (Lipinski definition) is 3. The third-order valence-electron chi connectivity index (χ3n) is 4.07. The Morgan fingerprint density at radius 3 is 3.00 bits per heavy atom. The van der Waals surface area contributed by atoms with Crippen molar-refractivity contribution in [2.24, 2.45) is 13.0 Å². The lowest BCUT2D eigenvalue weighted by Gasteiger charge is -2.26. The van der Waals surface area contributed by atoms with Crippen LogP contribution in [0.4, 0.5) is 0 Å². The van der Waals surface area contributed by atoms with Gasteiger partial charge >= 0.3 is 0 Å². The first-order chi connectivity index (χ1) is 9.34. The maximum Gasteiger partial charge on any atom is 0.133 e. The Bertz CT molecular complexity index is 499. The lowest BCUT2D eigenvalue weighted by atomic mass is 9.83. The molecule has 19 heavy (non-hydrogen) atoms. The van der Waals surface area contributed by atoms with Crippen LogP contribution < -0.4 is 5.32 Å². The Labute approximate surface area is 113 Å². The molecule has 0 radical (unpaired) electrons. The monoisotopic (exact) mass is 259 g/mol. The van der Waals surface area contributed by atoms with E-state index in [1.165, 1.54) is 25.7 Å². The molecule has 102 valence electrons. The summed E-state index contributed by atoms with van der Waals surface area (Å²) in [6.45, 7) is 1.02. The SMILES string of the molecule is Cn1ccnc1C(NCCC1CCC1)c1ccco1. The highest BCUT2D eigenvalue weighted by atomic mass is 16.3. The van der Waals surface area contributed by atoms with Crippen molar-refractivity contribution in [3.63, 3.8) is 0 Å². The van der Waals surface area contributed by atoms with E-state index >= 15 is 0 Å². The van der Waals surface area contributed by atoms with E-state index in [1.54, 1.807) is 6.26 Å². The summed E-state index contributed by atoms with van der Waals surface area (Å²) in [6, 6.07) is 3.99. The molecule has 0 bridgehead atoms. The van der Waals surface area contributed by atoms with Gasteiger partial charge in [0.1, 0.15) is 17.6 Å². The molecule has 0 saturated heterocycles. The second-order valence-corrected chi connectivity index (χ2v) is 5.38. The zero-order valence-corrected chi connectivity index (χ0v) is 11.4. The van der Waals surface area contributed by atoms with Gasteiger partial charge in [-0.3, -0.25) is 0 Å². The fraction of sp³-hybridized carbons (Fsp3) is 0.533. The standard InChI is InChI=1S/C15H21N3O/c1-18-10-9-17-15(18)14(13-6-3-11-19-13)16-8-7-12-4-2-5-12/h3,6,9-12,14,16H,2,4-5,7-8H2,1H3. The van der Waals surface area contributed by atoms with E-state index in [2.05, 4.69) is 10.3 Å². The molecule has 0 aromatic carbocycles. The smallest absolute Gasteiger partial charge is 0.133 e. The first kappa shape index (κ1) is 12.5. The van der Waals surface area contributed by atoms with Crippen molar-refractivity contribution >= 4 is 0 Å². The molecule has 1 saturated carbocycles. The second kappa shape index (κ2) is 5.61. The Morgan fingerprint density at radius 1 is 1.53 bits per heavy atom. The van der Waals surface area contributed by atoms with Crippen LogP contribution in [-0.2, 0) is 7.05 Å². The van der Waals surface area contributed by atoms with Gasteiger partial charge in [-0.1, -0.05) is 19.3 Å². The summed E-state index contributed by atoms with van der Waals surface area (Å²) in [5, 5.41) is 3.59. The first-order valence-corrected chi connectivity index (χ1v) is 7.08. The van der Waals surface area contributed by atoms with Gasteiger partial charge in [0.15, 0.2) is 0 Å². The Hall–Kier alpha value is -1.55. The number of aromatic nitrogens is 2. The average molecular weight is 259 g/mol. The number of furan rings is 1. The molecule has 2 aromatic heterocycles. The quantitative estimate of drug-likeness (QED) is 0.867. The number of imidazole rings is 1. The fourth-order valence-electron chi connectivity index (χ4n) is 2.64. The van der Waals surface area contributed by atoms with Gasteiger partial charge in [-0.2, -0.15) is 0 Å². The topological polar surface area (TPSA) is 43.0 Å². The Balaban J connectivity index is 1.68. The molecular formula is C15H21N3O. The van der Waals surface area contributed by atoms with Crippen LogP contribution in [0.1, 0.15) is 43.3 Å². The lowest BCUT2D eigenvalue weighted by Crippen LogP contribution is -2.28. The van der Waals surface area contributed by atoms with Crippen molar-refractivity contribution in [1.29, 1.82) is 0 Å². The third-order valence-corrected chi connectivity index (χ3v) is 4.07. The molecule has 4 nitrogen and oxygen atoms in total. The molecule has 3 rings (SSSR count). The van der Waals surface area contributed by atoms with Gasteiger partial charge in [-0.25, -0.2) is 4.98 Å². The molecule has 1 N–H and O–H groups in total. The maximum atomic E-state index is 5.56. The molecular weight excluding hydrogens is 238 g/mol. The summed E-state index contributed by atoms with van der Waals surface area (Å²) in [5.41, 5.74) is 0. The minimum absolute atomic E-state index is 0.0510. The number of aryl methyl sites for hydroxylation is 1. The zero-order valence-electron chi connectivity index (χ0n) is 11.4. The van der Waals surface area contributed by atoms with Crippen LogP contribution in [0.15, 0.2) is 35.2 Å². The molecule has 1 fully saturated rings. The Kier molecular flexibility index (Phi) is 3.69. The number of hydrogen-bond donors (Lipinski definition) is 1. The van der Waals surface area contributed by atoms with Crippen LogP contribution in [0.2, 0.25) is 0 Å². The van der Waals surface area contributed by atoms with E-state index < -0.39 is 0 Å². The van der Waals surface area contributed by atoms with E-state index in [9.17, 15) is 0 Å². The highest BCUT2D eigenvalue weighted by Gasteiger charge is 2.22. The fourth-order valence-corrected chi connectivity index (χ4v) is 2.64. The Morgan fingerprint density at radius 2 is 2.42 bits per heavy atom. The summed E-state index contributed by atoms with van der Waals surface area (Å²) in [5.74, 6) is 2.86. The molecule has 1 atom stereocenters. The summed E-state index contributed by atoms with van der Waals surface area (Å²) < 4.78 is 7.60. The third kappa shape index (κ3) is 2.73. The minimum atomic E-state index is 0.0510. The zero-order chi connectivity index (χ0) is 13.1. The van der Waals surface area contributed by atoms with E-state index in [0.717, 1.165) is 24.0 Å². The van der Waals surface area contributed by atoms with Crippen LogP contribution >= 0.6 is 0 Å². The predicted molar refractivity (Wildman–Crippen MR) is 73.7 cm³/mol. The maximum absolute atomic E-state index is 5.56. The van der Waals surface area contributed by atoms with Crippen LogP contribution in [0.25, 0.3) is 0 Å². The predicted octanol–water partition coefficient (Wildman–Crippen LogP) is 2.88. The molecule has 1 unspecified atom stereocenters. The molecule has 2 aromatic rings. The summed E-state index contributed by atoms with van der Waals surface area (Å²) in [7, 11) is 2.02. The van der Waals surface area contributed by atoms with Crippen molar-refractivity contribution in [2.45, 2.75) is 31.7 Å². The molecule has 1 aliphatic rings. The van der Waals surface area contributed by atoms with Crippen LogP contribution in [0, 0.1) is 5.92 Å². The van der Waals surface area contributed by atoms with Gasteiger partial charge in [0.05, 0.1) is 6.26 Å². The van der Waals surface area contributed by atoms with Gasteiger partial charge in [0.2, 0.25) is 0 Å². The highest BCUT2D eigenvalue weighted by molar-refractivity contribution is 5.15. The van der Waals surface area contributed by atoms with Gasteiger partial charge < -0.3 is 14.3 Å². The van der Waals surface area contributed by atoms with Gasteiger partial charge in [-0.15, -0.1) is 0 Å². The average Bonchev–Trinajstić information content (AvgIpc) is 2.99. The van der Waals surface area contributed by atoms with Crippen LogP contribution in [0.3, 0.4) is 0 Å². The van der Waals surface area contributed by atoms with E-state index in [4.69, 9.17) is 4.42 Å². The van der Waals surface area contributed by atoms with Gasteiger partial charge in [0, 0.05) is 19.4 Å². The summed E-state index contributed by atoms with van der Waals surface area (Å²) in [6.07, 6.45) is 11.0. The van der Waals surface area contributed by atoms with Crippen molar-refractivity contribution in [1.82, 2.24) is 14.9 Å². The van der Waals surface area contributed by atoms with Crippen LogP contribution in [0.5, 0.6) is 0 Å². The van der Waals surface area contributed by atoms with E-state index in [1.807, 2.05) is 36.1 Å². The lowest BCUT2D eigenvalue weighted by molar-refractivity contribution is 0.286. The number of rotatable bonds is 6. The molecule has 1 aliphatic carbocycles. The number of nitrogens with zero attached hydrogens (tertiary/aromatic N) is 2. The molecule has 0 aliphatic heterocycles. The number of nitrogens with one attached hydrogen (secondary N) is 1. The normalized spacial score (nSPS) is 17.3. The van der Waals surface area contributed by atoms with Crippen molar-refractivity contribution < 1.29 is 4.42 Å². The molecule has 2 heterocycles. The largest absolute Gasteiger partial charge is 0.467 e. The first-order valence-electron chi connectivity index (χ1n) is 7.08. The summed E-state index contributed by atoms with van der Waals surface area (Å²) >= 11 is 0. The molecule has 0 amide bonds. The van der Waals surface area contributed by atoms with Gasteiger partial charge in [0.25, 0.3) is 0 Å². The van der Waals surface area contributed by atoms with Crippen molar-refractivity contribution in [3.05, 3.63) is 42.4 Å². The van der Waals surface area contributed by atoms with Crippen molar-refractivity contribution in [3.8, 4) is 0 Å². The molecule has 4 heteroatoms. The highest BCUT2D eigenvalue weighted by Crippen LogP contribution is 2.29. The van der Waals surface area contributed by atoms with Gasteiger partial charge in [-0.05, 0) is 31.0 Å². The van der Waals surface area contributed by atoms with E-state index in [-0.39, 0.29) is 6.04 Å². The summed E-state index contributed by atoms with van der Waals surface area (Å²) in [4.78, 5) is 4.44. The van der Waals surface area contributed by atoms with E-state index in [0.29, 0.717) is 0 Å².